The fraction of sp³-hybridized carbons (Fsp3) is 0.909. The van der Waals surface area contributed by atoms with Crippen molar-refractivity contribution in [2.45, 2.75) is 38.6 Å². The van der Waals surface area contributed by atoms with Crippen LogP contribution in [0.15, 0.2) is 0 Å². The molecule has 0 aromatic rings. The van der Waals surface area contributed by atoms with E-state index in [4.69, 9.17) is 0 Å². The molecule has 1 atom stereocenters. The third-order valence-corrected chi connectivity index (χ3v) is 2.92. The lowest BCUT2D eigenvalue weighted by atomic mass is 10.1. The van der Waals surface area contributed by atoms with E-state index >= 15 is 0 Å². The largest absolute Gasteiger partial charge is 0.338 e. The molecule has 4 heteroatoms. The molecular weight excluding hydrogens is 190 g/mol. The summed E-state index contributed by atoms with van der Waals surface area (Å²) in [5, 5.41) is 6.19. The maximum atomic E-state index is 11.7. The zero-order chi connectivity index (χ0) is 11.1. The molecule has 0 radical (unpaired) electrons. The number of piperidine rings is 1. The van der Waals surface area contributed by atoms with Crippen LogP contribution in [0.4, 0.5) is 4.79 Å². The van der Waals surface area contributed by atoms with E-state index in [2.05, 4.69) is 17.6 Å². The van der Waals surface area contributed by atoms with Gasteiger partial charge in [0.2, 0.25) is 0 Å². The van der Waals surface area contributed by atoms with Gasteiger partial charge >= 0.3 is 6.03 Å². The Bertz CT molecular complexity index is 196. The number of nitrogens with zero attached hydrogens (tertiary/aromatic N) is 1. The topological polar surface area (TPSA) is 44.4 Å². The molecule has 1 aliphatic heterocycles. The van der Waals surface area contributed by atoms with Gasteiger partial charge in [0.1, 0.15) is 0 Å². The van der Waals surface area contributed by atoms with E-state index in [9.17, 15) is 4.79 Å². The van der Waals surface area contributed by atoms with E-state index in [0.29, 0.717) is 6.04 Å². The van der Waals surface area contributed by atoms with E-state index in [-0.39, 0.29) is 6.03 Å². The van der Waals surface area contributed by atoms with Crippen molar-refractivity contribution in [1.29, 1.82) is 0 Å². The Morgan fingerprint density at radius 2 is 2.33 bits per heavy atom. The summed E-state index contributed by atoms with van der Waals surface area (Å²) < 4.78 is 0. The first-order valence-corrected chi connectivity index (χ1v) is 5.98. The number of unbranched alkanes of at least 4 members (excludes halogenated alkanes) is 1. The molecule has 4 nitrogen and oxygen atoms in total. The third-order valence-electron chi connectivity index (χ3n) is 2.92. The second-order valence-electron chi connectivity index (χ2n) is 4.16. The van der Waals surface area contributed by atoms with Crippen LogP contribution in [0, 0.1) is 0 Å². The Hall–Kier alpha value is -0.770. The summed E-state index contributed by atoms with van der Waals surface area (Å²) in [5.41, 5.74) is 0. The van der Waals surface area contributed by atoms with Crippen molar-refractivity contribution >= 4 is 6.03 Å². The van der Waals surface area contributed by atoms with Gasteiger partial charge in [0, 0.05) is 25.7 Å². The molecule has 0 aromatic carbocycles. The first-order chi connectivity index (χ1) is 7.27. The van der Waals surface area contributed by atoms with Crippen molar-refractivity contribution in [2.75, 3.05) is 26.7 Å². The van der Waals surface area contributed by atoms with Gasteiger partial charge in [0.15, 0.2) is 0 Å². The molecule has 1 fully saturated rings. The van der Waals surface area contributed by atoms with Gasteiger partial charge in [-0.2, -0.15) is 0 Å². The highest BCUT2D eigenvalue weighted by Gasteiger charge is 2.21. The van der Waals surface area contributed by atoms with Crippen LogP contribution in [0.3, 0.4) is 0 Å². The van der Waals surface area contributed by atoms with Crippen LogP contribution in [-0.2, 0) is 0 Å². The van der Waals surface area contributed by atoms with Crippen LogP contribution in [0.1, 0.15) is 32.6 Å². The second-order valence-corrected chi connectivity index (χ2v) is 4.16. The Morgan fingerprint density at radius 1 is 1.53 bits per heavy atom. The quantitative estimate of drug-likeness (QED) is 0.689. The van der Waals surface area contributed by atoms with E-state index in [0.717, 1.165) is 38.9 Å². The first-order valence-electron chi connectivity index (χ1n) is 5.98. The summed E-state index contributed by atoms with van der Waals surface area (Å²) in [7, 11) is 1.96. The Balaban J connectivity index is 2.25. The second kappa shape index (κ2) is 6.67. The van der Waals surface area contributed by atoms with Crippen LogP contribution in [0.5, 0.6) is 0 Å². The van der Waals surface area contributed by atoms with E-state index in [1.165, 1.54) is 6.42 Å². The SMILES string of the molecule is CCCCNC(=O)N1CCCC(NC)C1. The van der Waals surface area contributed by atoms with E-state index < -0.39 is 0 Å². The Morgan fingerprint density at radius 3 is 3.00 bits per heavy atom. The standard InChI is InChI=1S/C11H23N3O/c1-3-4-7-13-11(15)14-8-5-6-10(9-14)12-2/h10,12H,3-9H2,1-2H3,(H,13,15). The molecule has 0 saturated carbocycles. The molecule has 0 bridgehead atoms. The fourth-order valence-corrected chi connectivity index (χ4v) is 1.88. The predicted octanol–water partition coefficient (Wildman–Crippen LogP) is 1.18. The Kier molecular flexibility index (Phi) is 5.47. The van der Waals surface area contributed by atoms with E-state index in [1.54, 1.807) is 0 Å². The molecule has 88 valence electrons. The van der Waals surface area contributed by atoms with Crippen molar-refractivity contribution in [1.82, 2.24) is 15.5 Å². The maximum Gasteiger partial charge on any atom is 0.317 e. The van der Waals surface area contributed by atoms with Gasteiger partial charge in [-0.3, -0.25) is 0 Å². The summed E-state index contributed by atoms with van der Waals surface area (Å²) in [5.74, 6) is 0. The maximum absolute atomic E-state index is 11.7. The minimum Gasteiger partial charge on any atom is -0.338 e. The monoisotopic (exact) mass is 213 g/mol. The molecule has 2 amide bonds. The molecule has 1 heterocycles. The lowest BCUT2D eigenvalue weighted by molar-refractivity contribution is 0.175. The number of hydrogen-bond donors (Lipinski definition) is 2. The van der Waals surface area contributed by atoms with Crippen LogP contribution < -0.4 is 10.6 Å². The summed E-state index contributed by atoms with van der Waals surface area (Å²) in [6, 6.07) is 0.569. The highest BCUT2D eigenvalue weighted by molar-refractivity contribution is 5.74. The van der Waals surface area contributed by atoms with Gasteiger partial charge in [-0.15, -0.1) is 0 Å². The molecule has 0 aliphatic carbocycles. The molecule has 15 heavy (non-hydrogen) atoms. The van der Waals surface area contributed by atoms with Crippen LogP contribution in [0.2, 0.25) is 0 Å². The fourth-order valence-electron chi connectivity index (χ4n) is 1.88. The molecular formula is C11H23N3O. The number of amides is 2. The summed E-state index contributed by atoms with van der Waals surface area (Å²) >= 11 is 0. The van der Waals surface area contributed by atoms with Gasteiger partial charge in [-0.05, 0) is 26.3 Å². The summed E-state index contributed by atoms with van der Waals surface area (Å²) in [4.78, 5) is 13.6. The normalized spacial score (nSPS) is 21.5. The summed E-state index contributed by atoms with van der Waals surface area (Å²) in [6.07, 6.45) is 4.47. The van der Waals surface area contributed by atoms with Crippen molar-refractivity contribution in [3.05, 3.63) is 0 Å². The lowest BCUT2D eigenvalue weighted by Gasteiger charge is -2.32. The molecule has 1 aliphatic rings. The van der Waals surface area contributed by atoms with Gasteiger partial charge in [0.05, 0.1) is 0 Å². The van der Waals surface area contributed by atoms with Gasteiger partial charge in [-0.1, -0.05) is 13.3 Å². The molecule has 0 spiro atoms. The highest BCUT2D eigenvalue weighted by Crippen LogP contribution is 2.09. The number of carbonyl (C=O) groups is 1. The zero-order valence-corrected chi connectivity index (χ0v) is 9.88. The Labute approximate surface area is 92.4 Å². The number of urea groups is 1. The number of likely N-dealkylation sites (tertiary alicyclic amines) is 1. The smallest absolute Gasteiger partial charge is 0.317 e. The summed E-state index contributed by atoms with van der Waals surface area (Å²) in [6.45, 7) is 4.67. The number of nitrogens with one attached hydrogen (secondary N) is 2. The van der Waals surface area contributed by atoms with Gasteiger partial charge in [-0.25, -0.2) is 4.79 Å². The average molecular weight is 213 g/mol. The number of rotatable bonds is 4. The predicted molar refractivity (Wildman–Crippen MR) is 62.0 cm³/mol. The molecule has 1 saturated heterocycles. The van der Waals surface area contributed by atoms with Crippen molar-refractivity contribution in [3.8, 4) is 0 Å². The lowest BCUT2D eigenvalue weighted by Crippen LogP contribution is -2.50. The number of hydrogen-bond acceptors (Lipinski definition) is 2. The molecule has 1 rings (SSSR count). The third kappa shape index (κ3) is 4.08. The van der Waals surface area contributed by atoms with Crippen molar-refractivity contribution < 1.29 is 4.79 Å². The van der Waals surface area contributed by atoms with Crippen molar-refractivity contribution in [2.24, 2.45) is 0 Å². The number of likely N-dealkylation sites (N-methyl/N-ethyl adjacent to an activating group) is 1. The molecule has 0 aromatic heterocycles. The highest BCUT2D eigenvalue weighted by atomic mass is 16.2. The minimum atomic E-state index is 0.100. The number of carbonyl (C=O) groups excluding carboxylic acids is 1. The van der Waals surface area contributed by atoms with Gasteiger partial charge in [0.25, 0.3) is 0 Å². The minimum absolute atomic E-state index is 0.100. The van der Waals surface area contributed by atoms with Crippen LogP contribution in [-0.4, -0.2) is 43.7 Å². The molecule has 2 N–H and O–H groups in total. The zero-order valence-electron chi connectivity index (χ0n) is 9.88. The van der Waals surface area contributed by atoms with Crippen LogP contribution in [0.25, 0.3) is 0 Å². The molecule has 1 unspecified atom stereocenters. The van der Waals surface area contributed by atoms with Crippen molar-refractivity contribution in [3.63, 3.8) is 0 Å². The first kappa shape index (κ1) is 12.3. The average Bonchev–Trinajstić information content (AvgIpc) is 2.29. The van der Waals surface area contributed by atoms with E-state index in [1.807, 2.05) is 11.9 Å². The van der Waals surface area contributed by atoms with Crippen LogP contribution >= 0.6 is 0 Å². The van der Waals surface area contributed by atoms with Gasteiger partial charge < -0.3 is 15.5 Å².